The molecule has 1 aromatic heterocycles. The monoisotopic (exact) mass is 383 g/mol. The van der Waals surface area contributed by atoms with Gasteiger partial charge in [-0.2, -0.15) is 0 Å². The van der Waals surface area contributed by atoms with Crippen LogP contribution in [0.5, 0.6) is 5.75 Å². The van der Waals surface area contributed by atoms with Crippen LogP contribution in [0.15, 0.2) is 28.8 Å². The van der Waals surface area contributed by atoms with Gasteiger partial charge in [-0.05, 0) is 18.1 Å². The first kappa shape index (κ1) is 17.9. The normalized spacial score (nSPS) is 19.5. The molecule has 1 fully saturated rings. The summed E-state index contributed by atoms with van der Waals surface area (Å²) in [6.45, 7) is 1.78. The van der Waals surface area contributed by atoms with E-state index >= 15 is 0 Å². The van der Waals surface area contributed by atoms with E-state index in [1.54, 1.807) is 25.1 Å². The third kappa shape index (κ3) is 3.15. The van der Waals surface area contributed by atoms with E-state index in [4.69, 9.17) is 9.15 Å². The minimum absolute atomic E-state index is 0.0303. The molecule has 4 rings (SSSR count). The number of carbonyl (C=O) groups is 4. The van der Waals surface area contributed by atoms with Gasteiger partial charge in [0, 0.05) is 13.3 Å². The summed E-state index contributed by atoms with van der Waals surface area (Å²) < 4.78 is 11.1. The van der Waals surface area contributed by atoms with Gasteiger partial charge in [-0.15, -0.1) is 0 Å². The molecule has 2 aliphatic rings. The number of carbonyl (C=O) groups excluding carboxylic acids is 4. The molecule has 9 heteroatoms. The predicted octanol–water partition coefficient (Wildman–Crippen LogP) is 0.892. The summed E-state index contributed by atoms with van der Waals surface area (Å²) in [5.41, 5.74) is 0.771. The molecule has 2 aromatic rings. The van der Waals surface area contributed by atoms with Crippen molar-refractivity contribution in [1.82, 2.24) is 15.2 Å². The second kappa shape index (κ2) is 6.91. The van der Waals surface area contributed by atoms with E-state index < -0.39 is 29.7 Å². The highest BCUT2D eigenvalue weighted by molar-refractivity contribution is 6.14. The van der Waals surface area contributed by atoms with Crippen LogP contribution in [0.1, 0.15) is 40.4 Å². The third-order valence-electron chi connectivity index (χ3n) is 4.72. The van der Waals surface area contributed by atoms with E-state index in [2.05, 4.69) is 10.3 Å². The number of fused-ring (bicyclic) bond motifs is 1. The van der Waals surface area contributed by atoms with E-state index in [0.717, 1.165) is 4.90 Å². The van der Waals surface area contributed by atoms with Crippen molar-refractivity contribution < 1.29 is 28.3 Å². The molecule has 1 saturated heterocycles. The maximum atomic E-state index is 13.1. The highest BCUT2D eigenvalue weighted by atomic mass is 16.5. The SMILES string of the molecule is Cc1ncc(COc2cccc3c2C(=O)N(C2CCC(=O)NC2=O)C(=O)C3)o1. The number of imide groups is 2. The van der Waals surface area contributed by atoms with Gasteiger partial charge >= 0.3 is 0 Å². The maximum absolute atomic E-state index is 13.1. The van der Waals surface area contributed by atoms with E-state index in [0.29, 0.717) is 23.0 Å². The number of rotatable bonds is 4. The number of oxazole rings is 1. The van der Waals surface area contributed by atoms with Crippen LogP contribution in [0.25, 0.3) is 0 Å². The molecule has 1 aromatic carbocycles. The molecule has 9 nitrogen and oxygen atoms in total. The minimum atomic E-state index is -1.00. The number of hydrogen-bond donors (Lipinski definition) is 1. The average Bonchev–Trinajstić information content (AvgIpc) is 3.06. The number of nitrogens with one attached hydrogen (secondary N) is 1. The molecule has 0 bridgehead atoms. The van der Waals surface area contributed by atoms with Gasteiger partial charge in [-0.1, -0.05) is 12.1 Å². The molecule has 0 spiro atoms. The number of piperidine rings is 1. The first-order valence-corrected chi connectivity index (χ1v) is 8.80. The predicted molar refractivity (Wildman–Crippen MR) is 93.1 cm³/mol. The summed E-state index contributed by atoms with van der Waals surface area (Å²) in [5, 5.41) is 2.18. The van der Waals surface area contributed by atoms with Gasteiger partial charge in [-0.3, -0.25) is 29.4 Å². The van der Waals surface area contributed by atoms with Crippen LogP contribution in [-0.2, 0) is 27.4 Å². The maximum Gasteiger partial charge on any atom is 0.265 e. The number of hydrogen-bond acceptors (Lipinski definition) is 7. The van der Waals surface area contributed by atoms with Crippen LogP contribution in [-0.4, -0.2) is 39.6 Å². The highest BCUT2D eigenvalue weighted by Gasteiger charge is 2.42. The Bertz CT molecular complexity index is 995. The summed E-state index contributed by atoms with van der Waals surface area (Å²) in [7, 11) is 0. The molecule has 28 heavy (non-hydrogen) atoms. The Kier molecular flexibility index (Phi) is 4.42. The van der Waals surface area contributed by atoms with Crippen molar-refractivity contribution in [1.29, 1.82) is 0 Å². The molecule has 2 aliphatic heterocycles. The summed E-state index contributed by atoms with van der Waals surface area (Å²) in [6, 6.07) is 3.99. The van der Waals surface area contributed by atoms with Crippen LogP contribution in [0.3, 0.4) is 0 Å². The van der Waals surface area contributed by atoms with Crippen molar-refractivity contribution in [2.45, 2.75) is 38.8 Å². The smallest absolute Gasteiger partial charge is 0.265 e. The summed E-state index contributed by atoms with van der Waals surface area (Å²) in [6.07, 6.45) is 1.68. The fourth-order valence-corrected chi connectivity index (χ4v) is 3.43. The molecule has 0 saturated carbocycles. The standard InChI is InChI=1S/C19H17N3O6/c1-10-20-8-12(28-10)9-27-14-4-2-3-11-7-16(24)22(19(26)17(11)14)13-5-6-15(23)21-18(13)25/h2-4,8,13H,5-7,9H2,1H3,(H,21,23,25). The molecular weight excluding hydrogens is 366 g/mol. The molecular formula is C19H17N3O6. The number of amides is 4. The summed E-state index contributed by atoms with van der Waals surface area (Å²) in [4.78, 5) is 54.2. The number of aryl methyl sites for hydroxylation is 1. The summed E-state index contributed by atoms with van der Waals surface area (Å²) >= 11 is 0. The van der Waals surface area contributed by atoms with Crippen molar-refractivity contribution in [2.24, 2.45) is 0 Å². The quantitative estimate of drug-likeness (QED) is 0.779. The summed E-state index contributed by atoms with van der Waals surface area (Å²) in [5.74, 6) is -0.848. The number of benzene rings is 1. The Balaban J connectivity index is 1.62. The van der Waals surface area contributed by atoms with Crippen LogP contribution in [0.2, 0.25) is 0 Å². The Morgan fingerprint density at radius 2 is 2.11 bits per heavy atom. The Morgan fingerprint density at radius 3 is 2.82 bits per heavy atom. The van der Waals surface area contributed by atoms with Gasteiger partial charge in [0.2, 0.25) is 17.7 Å². The van der Waals surface area contributed by atoms with Gasteiger partial charge in [0.25, 0.3) is 5.91 Å². The largest absolute Gasteiger partial charge is 0.485 e. The fourth-order valence-electron chi connectivity index (χ4n) is 3.43. The van der Waals surface area contributed by atoms with Gasteiger partial charge in [0.05, 0.1) is 18.2 Å². The molecule has 1 N–H and O–H groups in total. The van der Waals surface area contributed by atoms with E-state index in [1.807, 2.05) is 0 Å². The number of aromatic nitrogens is 1. The van der Waals surface area contributed by atoms with Gasteiger partial charge in [-0.25, -0.2) is 4.98 Å². The minimum Gasteiger partial charge on any atom is -0.485 e. The molecule has 1 unspecified atom stereocenters. The lowest BCUT2D eigenvalue weighted by Gasteiger charge is -2.34. The zero-order valence-corrected chi connectivity index (χ0v) is 15.1. The van der Waals surface area contributed by atoms with Crippen molar-refractivity contribution in [3.63, 3.8) is 0 Å². The van der Waals surface area contributed by atoms with E-state index in [9.17, 15) is 19.2 Å². The lowest BCUT2D eigenvalue weighted by molar-refractivity contribution is -0.143. The number of nitrogens with zero attached hydrogens (tertiary/aromatic N) is 2. The average molecular weight is 383 g/mol. The first-order chi connectivity index (χ1) is 13.4. The lowest BCUT2D eigenvalue weighted by Crippen LogP contribution is -2.58. The molecule has 3 heterocycles. The van der Waals surface area contributed by atoms with Gasteiger partial charge < -0.3 is 9.15 Å². The second-order valence-corrected chi connectivity index (χ2v) is 6.64. The van der Waals surface area contributed by atoms with Crippen molar-refractivity contribution >= 4 is 23.6 Å². The van der Waals surface area contributed by atoms with Crippen LogP contribution >= 0.6 is 0 Å². The Labute approximate surface area is 159 Å². The topological polar surface area (TPSA) is 119 Å². The zero-order chi connectivity index (χ0) is 19.8. The number of ether oxygens (including phenoxy) is 1. The van der Waals surface area contributed by atoms with Crippen molar-refractivity contribution in [2.75, 3.05) is 0 Å². The fraction of sp³-hybridized carbons (Fsp3) is 0.316. The molecule has 144 valence electrons. The van der Waals surface area contributed by atoms with Crippen LogP contribution in [0.4, 0.5) is 0 Å². The molecule has 4 amide bonds. The Hall–Kier alpha value is -3.49. The van der Waals surface area contributed by atoms with Crippen LogP contribution in [0, 0.1) is 6.92 Å². The zero-order valence-electron chi connectivity index (χ0n) is 15.1. The van der Waals surface area contributed by atoms with E-state index in [1.165, 1.54) is 6.20 Å². The van der Waals surface area contributed by atoms with Gasteiger partial charge in [0.15, 0.2) is 11.7 Å². The molecule has 0 radical (unpaired) electrons. The van der Waals surface area contributed by atoms with Gasteiger partial charge in [0.1, 0.15) is 18.4 Å². The molecule has 0 aliphatic carbocycles. The van der Waals surface area contributed by atoms with Crippen molar-refractivity contribution in [3.8, 4) is 5.75 Å². The molecule has 1 atom stereocenters. The Morgan fingerprint density at radius 1 is 1.29 bits per heavy atom. The van der Waals surface area contributed by atoms with Crippen molar-refractivity contribution in [3.05, 3.63) is 47.2 Å². The first-order valence-electron chi connectivity index (χ1n) is 8.80. The second-order valence-electron chi connectivity index (χ2n) is 6.64. The lowest BCUT2D eigenvalue weighted by atomic mass is 9.94. The third-order valence-corrected chi connectivity index (χ3v) is 4.72. The highest BCUT2D eigenvalue weighted by Crippen LogP contribution is 2.31. The van der Waals surface area contributed by atoms with Crippen LogP contribution < -0.4 is 10.1 Å². The van der Waals surface area contributed by atoms with E-state index in [-0.39, 0.29) is 31.4 Å².